The Morgan fingerprint density at radius 1 is 1.53 bits per heavy atom. The topological polar surface area (TPSA) is 54.3 Å². The maximum Gasteiger partial charge on any atom is 0.267 e. The van der Waals surface area contributed by atoms with Gasteiger partial charge in [-0.05, 0) is 49.2 Å². The van der Waals surface area contributed by atoms with Crippen LogP contribution in [-0.4, -0.2) is 28.2 Å². The van der Waals surface area contributed by atoms with E-state index in [1.807, 2.05) is 24.6 Å². The Labute approximate surface area is 110 Å². The fourth-order valence-electron chi connectivity index (χ4n) is 1.54. The zero-order chi connectivity index (χ0) is 13.0. The first-order valence-electron chi connectivity index (χ1n) is 5.75. The van der Waals surface area contributed by atoms with E-state index in [1.54, 1.807) is 13.0 Å². The third-order valence-electron chi connectivity index (χ3n) is 2.45. The molecule has 2 N–H and O–H groups in total. The zero-order valence-electron chi connectivity index (χ0n) is 10.4. The van der Waals surface area contributed by atoms with Crippen molar-refractivity contribution in [1.29, 1.82) is 0 Å². The lowest BCUT2D eigenvalue weighted by Crippen LogP contribution is -2.28. The van der Waals surface area contributed by atoms with Crippen molar-refractivity contribution < 1.29 is 9.90 Å². The van der Waals surface area contributed by atoms with Crippen molar-refractivity contribution in [2.75, 3.05) is 6.54 Å². The second kappa shape index (κ2) is 6.21. The summed E-state index contributed by atoms with van der Waals surface area (Å²) in [5, 5.41) is 11.9. The molecule has 1 aromatic rings. The fraction of sp³-hybridized carbons (Fsp3) is 0.583. The molecule has 0 saturated carbocycles. The second-order valence-corrected chi connectivity index (χ2v) is 5.35. The summed E-state index contributed by atoms with van der Waals surface area (Å²) in [6.07, 6.45) is 2.07. The highest BCUT2D eigenvalue weighted by molar-refractivity contribution is 9.10. The third-order valence-corrected chi connectivity index (χ3v) is 2.89. The average molecular weight is 303 g/mol. The highest BCUT2D eigenvalue weighted by Crippen LogP contribution is 2.19. The first-order chi connectivity index (χ1) is 7.91. The van der Waals surface area contributed by atoms with E-state index in [1.165, 1.54) is 0 Å². The monoisotopic (exact) mass is 302 g/mol. The standard InChI is InChI=1S/C12H19BrN2O2/c1-8(2)15-7-10(13)6-11(15)12(17)14-5-4-9(3)16/h6-9,16H,4-5H2,1-3H3,(H,14,17). The highest BCUT2D eigenvalue weighted by atomic mass is 79.9. The van der Waals surface area contributed by atoms with Crippen LogP contribution in [0.1, 0.15) is 43.7 Å². The van der Waals surface area contributed by atoms with Crippen LogP contribution in [0.2, 0.25) is 0 Å². The SMILES string of the molecule is CC(O)CCNC(=O)c1cc(Br)cn1C(C)C. The smallest absolute Gasteiger partial charge is 0.267 e. The molecule has 0 fully saturated rings. The summed E-state index contributed by atoms with van der Waals surface area (Å²) < 4.78 is 2.81. The Morgan fingerprint density at radius 3 is 2.71 bits per heavy atom. The molecule has 0 spiro atoms. The number of aliphatic hydroxyl groups is 1. The Bertz CT molecular complexity index is 386. The van der Waals surface area contributed by atoms with E-state index in [-0.39, 0.29) is 18.1 Å². The molecule has 4 nitrogen and oxygen atoms in total. The molecule has 0 radical (unpaired) electrons. The van der Waals surface area contributed by atoms with Gasteiger partial charge in [0.2, 0.25) is 0 Å². The lowest BCUT2D eigenvalue weighted by atomic mass is 10.3. The molecule has 96 valence electrons. The van der Waals surface area contributed by atoms with Crippen molar-refractivity contribution in [3.63, 3.8) is 0 Å². The number of nitrogens with one attached hydrogen (secondary N) is 1. The number of amides is 1. The van der Waals surface area contributed by atoms with E-state index >= 15 is 0 Å². The van der Waals surface area contributed by atoms with Crippen LogP contribution in [0.4, 0.5) is 0 Å². The molecule has 5 heteroatoms. The summed E-state index contributed by atoms with van der Waals surface area (Å²) >= 11 is 3.37. The average Bonchev–Trinajstić information content (AvgIpc) is 2.59. The van der Waals surface area contributed by atoms with E-state index in [0.717, 1.165) is 4.47 Å². The number of aliphatic hydroxyl groups excluding tert-OH is 1. The molecule has 17 heavy (non-hydrogen) atoms. The lowest BCUT2D eigenvalue weighted by Gasteiger charge is -2.13. The summed E-state index contributed by atoms with van der Waals surface area (Å²) in [5.41, 5.74) is 0.637. The molecule has 1 unspecified atom stereocenters. The van der Waals surface area contributed by atoms with Crippen LogP contribution in [-0.2, 0) is 0 Å². The van der Waals surface area contributed by atoms with Gasteiger partial charge in [0.1, 0.15) is 5.69 Å². The Hall–Kier alpha value is -0.810. The number of hydrogen-bond acceptors (Lipinski definition) is 2. The van der Waals surface area contributed by atoms with E-state index < -0.39 is 0 Å². The maximum absolute atomic E-state index is 11.9. The van der Waals surface area contributed by atoms with Crippen molar-refractivity contribution in [1.82, 2.24) is 9.88 Å². The minimum absolute atomic E-state index is 0.106. The van der Waals surface area contributed by atoms with Crippen molar-refractivity contribution in [3.05, 3.63) is 22.4 Å². The van der Waals surface area contributed by atoms with Gasteiger partial charge in [-0.3, -0.25) is 4.79 Å². The molecular formula is C12H19BrN2O2. The molecule has 0 aliphatic rings. The van der Waals surface area contributed by atoms with Crippen molar-refractivity contribution >= 4 is 21.8 Å². The summed E-state index contributed by atoms with van der Waals surface area (Å²) in [6, 6.07) is 2.04. The van der Waals surface area contributed by atoms with Gasteiger partial charge in [-0.2, -0.15) is 0 Å². The van der Waals surface area contributed by atoms with Crippen LogP contribution in [0, 0.1) is 0 Å². The zero-order valence-corrected chi connectivity index (χ0v) is 12.0. The number of aromatic nitrogens is 1. The second-order valence-electron chi connectivity index (χ2n) is 4.44. The van der Waals surface area contributed by atoms with Crippen LogP contribution < -0.4 is 5.32 Å². The molecular weight excluding hydrogens is 284 g/mol. The van der Waals surface area contributed by atoms with Crippen molar-refractivity contribution in [2.45, 2.75) is 39.3 Å². The number of hydrogen-bond donors (Lipinski definition) is 2. The van der Waals surface area contributed by atoms with Gasteiger partial charge in [0.25, 0.3) is 5.91 Å². The first-order valence-corrected chi connectivity index (χ1v) is 6.54. The first kappa shape index (κ1) is 14.3. The quantitative estimate of drug-likeness (QED) is 0.877. The minimum Gasteiger partial charge on any atom is -0.393 e. The van der Waals surface area contributed by atoms with Gasteiger partial charge in [-0.1, -0.05) is 0 Å². The van der Waals surface area contributed by atoms with Gasteiger partial charge in [0, 0.05) is 23.3 Å². The van der Waals surface area contributed by atoms with Crippen molar-refractivity contribution in [3.8, 4) is 0 Å². The van der Waals surface area contributed by atoms with Crippen LogP contribution in [0.15, 0.2) is 16.7 Å². The van der Waals surface area contributed by atoms with Gasteiger partial charge in [-0.25, -0.2) is 0 Å². The summed E-state index contributed by atoms with van der Waals surface area (Å²) in [7, 11) is 0. The summed E-state index contributed by atoms with van der Waals surface area (Å²) in [4.78, 5) is 11.9. The molecule has 1 atom stereocenters. The largest absolute Gasteiger partial charge is 0.393 e. The van der Waals surface area contributed by atoms with Gasteiger partial charge >= 0.3 is 0 Å². The number of halogens is 1. The molecule has 1 amide bonds. The van der Waals surface area contributed by atoms with Gasteiger partial charge in [0.05, 0.1) is 6.10 Å². The highest BCUT2D eigenvalue weighted by Gasteiger charge is 2.14. The third kappa shape index (κ3) is 4.16. The van der Waals surface area contributed by atoms with Gasteiger partial charge in [-0.15, -0.1) is 0 Å². The number of carbonyl (C=O) groups is 1. The molecule has 0 aliphatic heterocycles. The molecule has 1 heterocycles. The van der Waals surface area contributed by atoms with Crippen LogP contribution in [0.25, 0.3) is 0 Å². The van der Waals surface area contributed by atoms with Crippen LogP contribution >= 0.6 is 15.9 Å². The predicted octanol–water partition coefficient (Wildman–Crippen LogP) is 2.33. The number of carbonyl (C=O) groups excluding carboxylic acids is 1. The molecule has 0 aromatic carbocycles. The summed E-state index contributed by atoms with van der Waals surface area (Å²) in [6.45, 7) is 6.25. The Kier molecular flexibility index (Phi) is 5.21. The van der Waals surface area contributed by atoms with Crippen LogP contribution in [0.3, 0.4) is 0 Å². The van der Waals surface area contributed by atoms with Gasteiger partial charge in [0.15, 0.2) is 0 Å². The van der Waals surface area contributed by atoms with E-state index in [2.05, 4.69) is 21.2 Å². The predicted molar refractivity (Wildman–Crippen MR) is 71.1 cm³/mol. The van der Waals surface area contributed by atoms with E-state index in [0.29, 0.717) is 18.7 Å². The molecule has 0 saturated heterocycles. The normalized spacial score (nSPS) is 12.8. The number of nitrogens with zero attached hydrogens (tertiary/aromatic N) is 1. The molecule has 0 aliphatic carbocycles. The van der Waals surface area contributed by atoms with Crippen molar-refractivity contribution in [2.24, 2.45) is 0 Å². The Balaban J connectivity index is 2.68. The Morgan fingerprint density at radius 2 is 2.18 bits per heavy atom. The maximum atomic E-state index is 11.9. The fourth-order valence-corrected chi connectivity index (χ4v) is 1.98. The lowest BCUT2D eigenvalue weighted by molar-refractivity contribution is 0.0935. The number of rotatable bonds is 5. The summed E-state index contributed by atoms with van der Waals surface area (Å²) in [5.74, 6) is -0.106. The molecule has 0 bridgehead atoms. The molecule has 1 aromatic heterocycles. The van der Waals surface area contributed by atoms with E-state index in [9.17, 15) is 4.79 Å². The minimum atomic E-state index is -0.390. The van der Waals surface area contributed by atoms with Gasteiger partial charge < -0.3 is 15.0 Å². The van der Waals surface area contributed by atoms with E-state index in [4.69, 9.17) is 5.11 Å². The van der Waals surface area contributed by atoms with Crippen LogP contribution in [0.5, 0.6) is 0 Å². The molecule has 1 rings (SSSR count).